The van der Waals surface area contributed by atoms with Crippen molar-refractivity contribution in [1.29, 1.82) is 0 Å². The zero-order chi connectivity index (χ0) is 23.4. The highest BCUT2D eigenvalue weighted by molar-refractivity contribution is 5.99. The van der Waals surface area contributed by atoms with Gasteiger partial charge >= 0.3 is 0 Å². The van der Waals surface area contributed by atoms with Gasteiger partial charge in [-0.3, -0.25) is 9.69 Å². The lowest BCUT2D eigenvalue weighted by molar-refractivity contribution is -0.129. The molecule has 174 valence electrons. The summed E-state index contributed by atoms with van der Waals surface area (Å²) in [7, 11) is 2.22. The molecule has 3 aliphatic heterocycles. The highest BCUT2D eigenvalue weighted by Gasteiger charge is 2.41. The van der Waals surface area contributed by atoms with Crippen LogP contribution in [0.1, 0.15) is 20.3 Å². The van der Waals surface area contributed by atoms with Crippen LogP contribution in [-0.2, 0) is 4.79 Å². The minimum Gasteiger partial charge on any atom is -0.474 e. The second kappa shape index (κ2) is 7.66. The zero-order valence-electron chi connectivity index (χ0n) is 19.4. The summed E-state index contributed by atoms with van der Waals surface area (Å²) in [5, 5.41) is 6.08. The predicted octanol–water partition coefficient (Wildman–Crippen LogP) is 3.28. The minimum absolute atomic E-state index is 0.218. The van der Waals surface area contributed by atoms with E-state index in [4.69, 9.17) is 4.74 Å². The Balaban J connectivity index is 1.19. The second-order valence-electron chi connectivity index (χ2n) is 9.71. The quantitative estimate of drug-likeness (QED) is 0.616. The van der Waals surface area contributed by atoms with Gasteiger partial charge in [-0.15, -0.1) is 0 Å². The molecule has 2 atom stereocenters. The number of fused-ring (bicyclic) bond motifs is 3. The van der Waals surface area contributed by atoms with Crippen molar-refractivity contribution in [3.8, 4) is 17.0 Å². The van der Waals surface area contributed by atoms with Crippen molar-refractivity contribution in [2.45, 2.75) is 38.0 Å². The number of carbonyl (C=O) groups excluding carboxylic acids is 1. The van der Waals surface area contributed by atoms with E-state index in [1.165, 1.54) is 12.1 Å². The first-order valence-corrected chi connectivity index (χ1v) is 11.5. The molecular weight excluding hydrogens is 430 g/mol. The van der Waals surface area contributed by atoms with Gasteiger partial charge in [0.15, 0.2) is 17.2 Å². The molecule has 9 nitrogen and oxygen atoms in total. The first-order valence-electron chi connectivity index (χ1n) is 11.5. The number of hydrogen-bond donors (Lipinski definition) is 2. The molecule has 0 saturated carbocycles. The first kappa shape index (κ1) is 20.9. The van der Waals surface area contributed by atoms with Crippen LogP contribution >= 0.6 is 0 Å². The average molecular weight is 458 g/mol. The van der Waals surface area contributed by atoms with Crippen molar-refractivity contribution >= 4 is 29.0 Å². The number of benzene rings is 1. The van der Waals surface area contributed by atoms with Crippen molar-refractivity contribution in [2.75, 3.05) is 35.7 Å². The largest absolute Gasteiger partial charge is 0.474 e. The monoisotopic (exact) mass is 457 g/mol. The molecule has 1 amide bonds. The van der Waals surface area contributed by atoms with Crippen LogP contribution in [0.4, 0.5) is 23.1 Å². The van der Waals surface area contributed by atoms with Gasteiger partial charge in [-0.05, 0) is 63.7 Å². The number of nitrogens with zero attached hydrogens (tertiary/aromatic N) is 5. The SMILES string of the molecule is CN1C[C@H]2C[C@H]1CN2c1ccc(Nc2nccc(-c3cnc4c(c3)OC(C)(C)C(=O)N4)n2)cc1. The number of likely N-dealkylation sites (N-methyl/N-ethyl adjacent to an activating group) is 1. The molecule has 9 heteroatoms. The van der Waals surface area contributed by atoms with Gasteiger partial charge in [0.25, 0.3) is 5.91 Å². The Hall–Kier alpha value is -3.72. The summed E-state index contributed by atoms with van der Waals surface area (Å²) in [5.74, 6) is 1.22. The van der Waals surface area contributed by atoms with E-state index in [-0.39, 0.29) is 5.91 Å². The number of pyridine rings is 1. The van der Waals surface area contributed by atoms with E-state index in [1.807, 2.05) is 12.1 Å². The molecular formula is C25H27N7O2. The number of amides is 1. The molecule has 2 aromatic heterocycles. The highest BCUT2D eigenvalue weighted by atomic mass is 16.5. The summed E-state index contributed by atoms with van der Waals surface area (Å²) in [6, 6.07) is 13.4. The maximum atomic E-state index is 12.1. The summed E-state index contributed by atoms with van der Waals surface area (Å²) in [6.45, 7) is 5.68. The molecule has 0 spiro atoms. The van der Waals surface area contributed by atoms with Gasteiger partial charge in [0.1, 0.15) is 0 Å². The normalized spacial score (nSPS) is 22.8. The van der Waals surface area contributed by atoms with Crippen molar-refractivity contribution in [1.82, 2.24) is 19.9 Å². The van der Waals surface area contributed by atoms with E-state index >= 15 is 0 Å². The van der Waals surface area contributed by atoms with Crippen molar-refractivity contribution in [3.05, 3.63) is 48.8 Å². The van der Waals surface area contributed by atoms with E-state index in [2.05, 4.69) is 66.7 Å². The summed E-state index contributed by atoms with van der Waals surface area (Å²) >= 11 is 0. The molecule has 0 aliphatic carbocycles. The number of carbonyl (C=O) groups is 1. The Bertz CT molecular complexity index is 1260. The molecule has 2 fully saturated rings. The number of rotatable bonds is 4. The maximum absolute atomic E-state index is 12.1. The minimum atomic E-state index is -0.956. The topological polar surface area (TPSA) is 95.5 Å². The molecule has 5 heterocycles. The molecule has 3 aliphatic rings. The van der Waals surface area contributed by atoms with Gasteiger partial charge in [-0.2, -0.15) is 0 Å². The van der Waals surface area contributed by atoms with Crippen molar-refractivity contribution in [2.24, 2.45) is 0 Å². The Morgan fingerprint density at radius 2 is 1.94 bits per heavy atom. The number of nitrogens with one attached hydrogen (secondary N) is 2. The van der Waals surface area contributed by atoms with Crippen LogP contribution in [0.3, 0.4) is 0 Å². The van der Waals surface area contributed by atoms with Crippen LogP contribution in [-0.4, -0.2) is 63.6 Å². The summed E-state index contributed by atoms with van der Waals surface area (Å²) in [6.07, 6.45) is 4.63. The van der Waals surface area contributed by atoms with Crippen LogP contribution in [0.2, 0.25) is 0 Å². The van der Waals surface area contributed by atoms with E-state index in [0.717, 1.165) is 24.3 Å². The first-order chi connectivity index (χ1) is 16.4. The van der Waals surface area contributed by atoms with Gasteiger partial charge in [0, 0.05) is 54.5 Å². The Morgan fingerprint density at radius 3 is 2.68 bits per heavy atom. The maximum Gasteiger partial charge on any atom is 0.269 e. The molecule has 0 radical (unpaired) electrons. The second-order valence-corrected chi connectivity index (χ2v) is 9.71. The molecule has 2 saturated heterocycles. The Labute approximate surface area is 198 Å². The predicted molar refractivity (Wildman–Crippen MR) is 130 cm³/mol. The number of aromatic nitrogens is 3. The lowest BCUT2D eigenvalue weighted by Gasteiger charge is -2.33. The van der Waals surface area contributed by atoms with E-state index < -0.39 is 5.60 Å². The number of likely N-dealkylation sites (tertiary alicyclic amines) is 1. The van der Waals surface area contributed by atoms with Crippen LogP contribution in [0.25, 0.3) is 11.3 Å². The lowest BCUT2D eigenvalue weighted by atomic mass is 10.1. The molecule has 1 aromatic carbocycles. The van der Waals surface area contributed by atoms with Gasteiger partial charge < -0.3 is 20.3 Å². The van der Waals surface area contributed by atoms with Gasteiger partial charge in [0.2, 0.25) is 5.95 Å². The number of piperazine rings is 1. The standard InChI is InChI=1S/C25H27N7O2/c1-25(2)23(33)30-22-21(34-25)10-15(12-27-22)20-8-9-26-24(29-20)28-16-4-6-17(7-5-16)32-14-18-11-19(32)13-31(18)3/h4-10,12,18-19H,11,13-14H2,1-3H3,(H,26,28,29)(H,27,30,33)/t18-,19+/m0/s1. The highest BCUT2D eigenvalue weighted by Crippen LogP contribution is 2.36. The summed E-state index contributed by atoms with van der Waals surface area (Å²) in [4.78, 5) is 30.4. The smallest absolute Gasteiger partial charge is 0.269 e. The fourth-order valence-corrected chi connectivity index (χ4v) is 4.96. The molecule has 3 aromatic rings. The van der Waals surface area contributed by atoms with E-state index in [9.17, 15) is 4.79 Å². The molecule has 34 heavy (non-hydrogen) atoms. The Kier molecular flexibility index (Phi) is 4.70. The number of anilines is 4. The van der Waals surface area contributed by atoms with E-state index in [0.29, 0.717) is 35.3 Å². The fourth-order valence-electron chi connectivity index (χ4n) is 4.96. The Morgan fingerprint density at radius 1 is 1.12 bits per heavy atom. The third kappa shape index (κ3) is 3.62. The molecule has 0 unspecified atom stereocenters. The van der Waals surface area contributed by atoms with Crippen molar-refractivity contribution < 1.29 is 9.53 Å². The van der Waals surface area contributed by atoms with Crippen LogP contribution in [0.5, 0.6) is 5.75 Å². The van der Waals surface area contributed by atoms with Crippen LogP contribution in [0.15, 0.2) is 48.8 Å². The van der Waals surface area contributed by atoms with Crippen LogP contribution in [0, 0.1) is 0 Å². The fraction of sp³-hybridized carbons (Fsp3) is 0.360. The average Bonchev–Trinajstić information content (AvgIpc) is 3.40. The molecule has 6 rings (SSSR count). The summed E-state index contributed by atoms with van der Waals surface area (Å²) < 4.78 is 5.86. The van der Waals surface area contributed by atoms with Gasteiger partial charge in [-0.25, -0.2) is 15.0 Å². The third-order valence-corrected chi connectivity index (χ3v) is 6.92. The number of hydrogen-bond acceptors (Lipinski definition) is 8. The van der Waals surface area contributed by atoms with Crippen LogP contribution < -0.4 is 20.3 Å². The van der Waals surface area contributed by atoms with Crippen molar-refractivity contribution in [3.63, 3.8) is 0 Å². The van der Waals surface area contributed by atoms with Gasteiger partial charge in [0.05, 0.1) is 5.69 Å². The lowest BCUT2D eigenvalue weighted by Crippen LogP contribution is -2.45. The molecule has 2 N–H and O–H groups in total. The van der Waals surface area contributed by atoms with Gasteiger partial charge in [-0.1, -0.05) is 0 Å². The number of ether oxygens (including phenoxy) is 1. The summed E-state index contributed by atoms with van der Waals surface area (Å²) in [5.41, 5.74) is 2.72. The van der Waals surface area contributed by atoms with E-state index in [1.54, 1.807) is 26.2 Å². The third-order valence-electron chi connectivity index (χ3n) is 6.92. The zero-order valence-corrected chi connectivity index (χ0v) is 19.4. The molecule has 2 bridgehead atoms.